The fourth-order valence-corrected chi connectivity index (χ4v) is 3.63. The number of fused-ring (bicyclic) bond motifs is 1. The highest BCUT2D eigenvalue weighted by Crippen LogP contribution is 2.21. The smallest absolute Gasteiger partial charge is 0.191 e. The van der Waals surface area contributed by atoms with Gasteiger partial charge in [-0.15, -0.1) is 10.2 Å². The Morgan fingerprint density at radius 3 is 2.88 bits per heavy atom. The van der Waals surface area contributed by atoms with Crippen LogP contribution >= 0.6 is 0 Å². The fraction of sp³-hybridized carbons (Fsp3) is 0.632. The third kappa shape index (κ3) is 4.94. The number of hydrogen-bond donors (Lipinski definition) is 2. The molecule has 3 rings (SSSR count). The molecule has 2 N–H and O–H groups in total. The minimum absolute atomic E-state index is 0.590. The van der Waals surface area contributed by atoms with E-state index in [2.05, 4.69) is 37.8 Å². The molecule has 0 saturated heterocycles. The van der Waals surface area contributed by atoms with Gasteiger partial charge < -0.3 is 15.5 Å². The second-order valence-corrected chi connectivity index (χ2v) is 7.02. The van der Waals surface area contributed by atoms with E-state index in [1.54, 1.807) is 7.05 Å². The van der Waals surface area contributed by atoms with Crippen LogP contribution in [0.1, 0.15) is 44.3 Å². The van der Waals surface area contributed by atoms with Gasteiger partial charge in [-0.3, -0.25) is 9.39 Å². The van der Waals surface area contributed by atoms with Crippen LogP contribution in [0.25, 0.3) is 5.65 Å². The Morgan fingerprint density at radius 1 is 1.23 bits per heavy atom. The van der Waals surface area contributed by atoms with Crippen LogP contribution in [0.4, 0.5) is 0 Å². The standard InChI is InChI=1S/C19H31N7/c1-20-19(21-12-8-13-25(2)16-9-4-3-5-10-16)22-15-18-24-23-17-11-6-7-14-26(17)18/h6-7,11,14,16H,3-5,8-10,12-13,15H2,1-2H3,(H2,20,21,22). The number of aromatic nitrogens is 3. The highest BCUT2D eigenvalue weighted by Gasteiger charge is 2.17. The molecular formula is C19H31N7. The quantitative estimate of drug-likeness (QED) is 0.451. The fourth-order valence-electron chi connectivity index (χ4n) is 3.63. The lowest BCUT2D eigenvalue weighted by Gasteiger charge is -2.31. The number of aliphatic imine (C=N–C) groups is 1. The van der Waals surface area contributed by atoms with Gasteiger partial charge in [-0.1, -0.05) is 25.3 Å². The molecule has 0 atom stereocenters. The highest BCUT2D eigenvalue weighted by molar-refractivity contribution is 5.79. The minimum atomic E-state index is 0.590. The van der Waals surface area contributed by atoms with Crippen molar-refractivity contribution in [2.24, 2.45) is 4.99 Å². The maximum atomic E-state index is 4.30. The molecule has 26 heavy (non-hydrogen) atoms. The lowest BCUT2D eigenvalue weighted by atomic mass is 9.94. The van der Waals surface area contributed by atoms with Crippen LogP contribution in [-0.2, 0) is 6.54 Å². The molecule has 0 aliphatic heterocycles. The molecule has 0 bridgehead atoms. The van der Waals surface area contributed by atoms with Crippen LogP contribution in [0.15, 0.2) is 29.4 Å². The van der Waals surface area contributed by atoms with Crippen molar-refractivity contribution in [2.45, 2.75) is 51.1 Å². The zero-order valence-electron chi connectivity index (χ0n) is 16.0. The molecule has 1 fully saturated rings. The minimum Gasteiger partial charge on any atom is -0.356 e. The lowest BCUT2D eigenvalue weighted by Crippen LogP contribution is -2.39. The average Bonchev–Trinajstić information content (AvgIpc) is 3.11. The summed E-state index contributed by atoms with van der Waals surface area (Å²) in [6.45, 7) is 2.63. The summed E-state index contributed by atoms with van der Waals surface area (Å²) in [5.41, 5.74) is 0.859. The summed E-state index contributed by atoms with van der Waals surface area (Å²) in [7, 11) is 4.06. The first-order valence-corrected chi connectivity index (χ1v) is 9.71. The summed E-state index contributed by atoms with van der Waals surface area (Å²) in [6, 6.07) is 6.68. The summed E-state index contributed by atoms with van der Waals surface area (Å²) < 4.78 is 1.99. The van der Waals surface area contributed by atoms with Gasteiger partial charge in [0.05, 0.1) is 6.54 Å². The molecule has 7 heteroatoms. The summed E-state index contributed by atoms with van der Waals surface area (Å²) in [5, 5.41) is 15.1. The Kier molecular flexibility index (Phi) is 6.82. The van der Waals surface area contributed by atoms with E-state index in [0.717, 1.165) is 43.0 Å². The molecule has 2 aromatic rings. The van der Waals surface area contributed by atoms with E-state index in [9.17, 15) is 0 Å². The topological polar surface area (TPSA) is 69.8 Å². The molecule has 1 aliphatic rings. The third-order valence-corrected chi connectivity index (χ3v) is 5.20. The van der Waals surface area contributed by atoms with Crippen LogP contribution in [0.5, 0.6) is 0 Å². The molecule has 1 aliphatic carbocycles. The number of nitrogens with one attached hydrogen (secondary N) is 2. The lowest BCUT2D eigenvalue weighted by molar-refractivity contribution is 0.190. The van der Waals surface area contributed by atoms with Gasteiger partial charge in [0.15, 0.2) is 17.4 Å². The molecule has 7 nitrogen and oxygen atoms in total. The predicted octanol–water partition coefficient (Wildman–Crippen LogP) is 2.05. The average molecular weight is 358 g/mol. The largest absolute Gasteiger partial charge is 0.356 e. The van der Waals surface area contributed by atoms with Crippen molar-refractivity contribution in [1.29, 1.82) is 0 Å². The predicted molar refractivity (Wildman–Crippen MR) is 105 cm³/mol. The van der Waals surface area contributed by atoms with Crippen LogP contribution in [0.2, 0.25) is 0 Å². The van der Waals surface area contributed by atoms with Gasteiger partial charge in [-0.25, -0.2) is 0 Å². The molecular weight excluding hydrogens is 326 g/mol. The maximum Gasteiger partial charge on any atom is 0.191 e. The first-order valence-electron chi connectivity index (χ1n) is 9.71. The number of nitrogens with zero attached hydrogens (tertiary/aromatic N) is 5. The summed E-state index contributed by atoms with van der Waals surface area (Å²) >= 11 is 0. The Bertz CT molecular complexity index is 703. The first-order chi connectivity index (χ1) is 12.8. The van der Waals surface area contributed by atoms with E-state index in [4.69, 9.17) is 0 Å². The van der Waals surface area contributed by atoms with Crippen LogP contribution in [0.3, 0.4) is 0 Å². The van der Waals surface area contributed by atoms with Gasteiger partial charge in [-0.2, -0.15) is 0 Å². The zero-order valence-corrected chi connectivity index (χ0v) is 16.0. The normalized spacial score (nSPS) is 16.3. The maximum absolute atomic E-state index is 4.30. The van der Waals surface area contributed by atoms with Crippen molar-refractivity contribution < 1.29 is 0 Å². The van der Waals surface area contributed by atoms with Crippen molar-refractivity contribution >= 4 is 11.6 Å². The van der Waals surface area contributed by atoms with E-state index in [0.29, 0.717) is 6.54 Å². The van der Waals surface area contributed by atoms with E-state index >= 15 is 0 Å². The van der Waals surface area contributed by atoms with Gasteiger partial charge in [0.25, 0.3) is 0 Å². The first kappa shape index (κ1) is 18.6. The Labute approximate surface area is 155 Å². The Balaban J connectivity index is 1.38. The van der Waals surface area contributed by atoms with E-state index in [-0.39, 0.29) is 0 Å². The van der Waals surface area contributed by atoms with E-state index in [1.165, 1.54) is 32.1 Å². The molecule has 0 aromatic carbocycles. The Hall–Kier alpha value is -2.15. The van der Waals surface area contributed by atoms with Crippen LogP contribution < -0.4 is 10.6 Å². The van der Waals surface area contributed by atoms with E-state index in [1.807, 2.05) is 28.8 Å². The van der Waals surface area contributed by atoms with E-state index < -0.39 is 0 Å². The molecule has 1 saturated carbocycles. The molecule has 0 radical (unpaired) electrons. The molecule has 0 spiro atoms. The van der Waals surface area contributed by atoms with Crippen molar-refractivity contribution in [1.82, 2.24) is 30.1 Å². The molecule has 2 heterocycles. The van der Waals surface area contributed by atoms with Gasteiger partial charge in [0, 0.05) is 25.8 Å². The highest BCUT2D eigenvalue weighted by atomic mass is 15.3. The third-order valence-electron chi connectivity index (χ3n) is 5.20. The summed E-state index contributed by atoms with van der Waals surface area (Å²) in [5.74, 6) is 1.68. The molecule has 2 aromatic heterocycles. The summed E-state index contributed by atoms with van der Waals surface area (Å²) in [6.07, 6.45) is 10.0. The van der Waals surface area contributed by atoms with Crippen molar-refractivity contribution in [3.8, 4) is 0 Å². The summed E-state index contributed by atoms with van der Waals surface area (Å²) in [4.78, 5) is 6.82. The number of guanidine groups is 1. The van der Waals surface area contributed by atoms with Crippen LogP contribution in [-0.4, -0.2) is 58.7 Å². The molecule has 0 amide bonds. The molecule has 0 unspecified atom stereocenters. The van der Waals surface area contributed by atoms with Crippen LogP contribution in [0, 0.1) is 0 Å². The SMILES string of the molecule is CN=C(NCCCN(C)C1CCCCC1)NCc1nnc2ccccn12. The van der Waals surface area contributed by atoms with Crippen molar-refractivity contribution in [2.75, 3.05) is 27.2 Å². The van der Waals surface area contributed by atoms with Crippen molar-refractivity contribution in [3.63, 3.8) is 0 Å². The zero-order chi connectivity index (χ0) is 18.2. The van der Waals surface area contributed by atoms with Gasteiger partial charge in [0.2, 0.25) is 0 Å². The molecule has 142 valence electrons. The number of pyridine rings is 1. The number of rotatable bonds is 7. The van der Waals surface area contributed by atoms with Gasteiger partial charge >= 0.3 is 0 Å². The number of hydrogen-bond acceptors (Lipinski definition) is 4. The second-order valence-electron chi connectivity index (χ2n) is 7.02. The van der Waals surface area contributed by atoms with Gasteiger partial charge in [-0.05, 0) is 45.0 Å². The Morgan fingerprint density at radius 2 is 2.08 bits per heavy atom. The van der Waals surface area contributed by atoms with Gasteiger partial charge in [0.1, 0.15) is 0 Å². The second kappa shape index (κ2) is 9.52. The van der Waals surface area contributed by atoms with Crippen molar-refractivity contribution in [3.05, 3.63) is 30.2 Å². The monoisotopic (exact) mass is 357 g/mol.